The summed E-state index contributed by atoms with van der Waals surface area (Å²) in [5.74, 6) is -5.17. The zero-order valence-corrected chi connectivity index (χ0v) is 21.2. The molecule has 1 aromatic carbocycles. The average molecular weight is 568 g/mol. The number of alkyl halides is 3. The lowest BCUT2D eigenvalue weighted by atomic mass is 9.84. The van der Waals surface area contributed by atoms with Crippen molar-refractivity contribution in [1.29, 1.82) is 0 Å². The number of pyridine rings is 2. The van der Waals surface area contributed by atoms with Crippen LogP contribution in [-0.2, 0) is 15.8 Å². The number of aliphatic hydroxyl groups is 1. The molecule has 40 heavy (non-hydrogen) atoms. The number of aromatic nitrogens is 2. The molecule has 1 saturated heterocycles. The number of Topliss-reactive ketones (excluding diaryl/α,β-unsaturated/α-hetero) is 1. The maximum atomic E-state index is 13.9. The van der Waals surface area contributed by atoms with E-state index in [1.165, 1.54) is 19.3 Å². The number of anilines is 1. The van der Waals surface area contributed by atoms with Crippen molar-refractivity contribution in [3.8, 4) is 0 Å². The Bertz CT molecular complexity index is 1670. The average Bonchev–Trinajstić information content (AvgIpc) is 3.52. The molecule has 3 aliphatic rings. The number of carbonyl (C=O) groups is 3. The Kier molecular flexibility index (Phi) is 5.77. The summed E-state index contributed by atoms with van der Waals surface area (Å²) in [6, 6.07) is 11.0. The number of hydrogen-bond acceptors (Lipinski definition) is 8. The van der Waals surface area contributed by atoms with E-state index in [2.05, 4.69) is 15.0 Å². The number of nitrogens with zero attached hydrogens (tertiary/aromatic N) is 5. The Morgan fingerprint density at radius 2 is 1.70 bits per heavy atom. The Labute approximate surface area is 229 Å². The second-order valence-corrected chi connectivity index (χ2v) is 9.76. The molecule has 0 radical (unpaired) electrons. The number of amides is 2. The van der Waals surface area contributed by atoms with Crippen molar-refractivity contribution in [2.45, 2.75) is 12.2 Å². The quantitative estimate of drug-likeness (QED) is 0.463. The van der Waals surface area contributed by atoms with Crippen LogP contribution in [0.4, 0.5) is 19.0 Å². The first-order valence-electron chi connectivity index (χ1n) is 11.9. The molecule has 2 aliphatic heterocycles. The highest BCUT2D eigenvalue weighted by Crippen LogP contribution is 2.48. The number of fused-ring (bicyclic) bond motifs is 2. The summed E-state index contributed by atoms with van der Waals surface area (Å²) in [6.07, 6.45) is -2.67. The number of hydrogen-bond donors (Lipinski definition) is 1. The van der Waals surface area contributed by atoms with E-state index in [4.69, 9.17) is 11.6 Å². The van der Waals surface area contributed by atoms with E-state index in [0.717, 1.165) is 10.0 Å². The molecule has 3 aromatic rings. The van der Waals surface area contributed by atoms with Gasteiger partial charge in [0, 0.05) is 30.6 Å². The number of carbonyl (C=O) groups excluding carboxylic acids is 3. The molecule has 6 rings (SSSR count). The number of ketones is 1. The molecular formula is C27H17ClF3N5O4. The molecule has 1 fully saturated rings. The number of imide groups is 1. The Hall–Kier alpha value is -4.58. The summed E-state index contributed by atoms with van der Waals surface area (Å²) < 4.78 is 39.4. The van der Waals surface area contributed by atoms with E-state index < -0.39 is 52.2 Å². The number of allylic oxidation sites excluding steroid dienone is 1. The second-order valence-electron chi connectivity index (χ2n) is 9.35. The summed E-state index contributed by atoms with van der Waals surface area (Å²) in [7, 11) is 1.26. The van der Waals surface area contributed by atoms with Gasteiger partial charge in [-0.05, 0) is 18.2 Å². The fraction of sp³-hybridized carbons (Fsp3) is 0.185. The topological polar surface area (TPSA) is 116 Å². The molecule has 0 saturated carbocycles. The second kappa shape index (κ2) is 8.98. The fourth-order valence-corrected chi connectivity index (χ4v) is 5.62. The van der Waals surface area contributed by atoms with Crippen LogP contribution in [0.1, 0.15) is 33.2 Å². The van der Waals surface area contributed by atoms with Crippen molar-refractivity contribution in [2.24, 2.45) is 16.8 Å². The van der Waals surface area contributed by atoms with Gasteiger partial charge < -0.3 is 5.11 Å². The highest BCUT2D eigenvalue weighted by molar-refractivity contribution is 6.40. The standard InChI is InChI=1S/C27H17ClF3N5O4/c1-35(24-15(28)10-12(11-33-24)27(29,30)31)36-25(39)17-18(26(36)40)21(34-20(17)16-8-4-5-9-32-16)19-22(37)13-6-2-3-7-14(13)23(19)38/h2-11,17-18,20,37H,1H3/t17-,18-,20+/m1/s1. The van der Waals surface area contributed by atoms with E-state index in [1.807, 2.05) is 0 Å². The summed E-state index contributed by atoms with van der Waals surface area (Å²) in [5, 5.41) is 12.3. The third kappa shape index (κ3) is 3.70. The lowest BCUT2D eigenvalue weighted by Crippen LogP contribution is -2.46. The van der Waals surface area contributed by atoms with Gasteiger partial charge in [-0.1, -0.05) is 41.9 Å². The number of aliphatic imine (C=N–C) groups is 1. The maximum Gasteiger partial charge on any atom is 0.417 e. The third-order valence-electron chi connectivity index (χ3n) is 7.13. The van der Waals surface area contributed by atoms with Crippen molar-refractivity contribution < 1.29 is 32.7 Å². The molecule has 4 heterocycles. The predicted octanol–water partition coefficient (Wildman–Crippen LogP) is 4.46. The monoisotopic (exact) mass is 567 g/mol. The first-order valence-corrected chi connectivity index (χ1v) is 12.3. The van der Waals surface area contributed by atoms with Crippen LogP contribution in [0, 0.1) is 11.8 Å². The van der Waals surface area contributed by atoms with Gasteiger partial charge in [-0.3, -0.25) is 29.4 Å². The Morgan fingerprint density at radius 1 is 1.00 bits per heavy atom. The van der Waals surface area contributed by atoms with Crippen LogP contribution >= 0.6 is 11.6 Å². The first kappa shape index (κ1) is 25.7. The van der Waals surface area contributed by atoms with Crippen LogP contribution in [0.3, 0.4) is 0 Å². The Balaban J connectivity index is 1.44. The van der Waals surface area contributed by atoms with Crippen LogP contribution in [0.2, 0.25) is 5.02 Å². The van der Waals surface area contributed by atoms with Crippen LogP contribution in [0.5, 0.6) is 0 Å². The van der Waals surface area contributed by atoms with Gasteiger partial charge in [0.25, 0.3) is 11.8 Å². The number of hydrazine groups is 1. The zero-order chi connectivity index (χ0) is 28.5. The summed E-state index contributed by atoms with van der Waals surface area (Å²) in [5.41, 5.74) is -0.508. The minimum atomic E-state index is -4.70. The van der Waals surface area contributed by atoms with Gasteiger partial charge in [0.15, 0.2) is 11.6 Å². The molecule has 3 atom stereocenters. The van der Waals surface area contributed by atoms with E-state index in [0.29, 0.717) is 18.0 Å². The number of aliphatic hydroxyl groups excluding tert-OH is 1. The predicted molar refractivity (Wildman–Crippen MR) is 136 cm³/mol. The summed E-state index contributed by atoms with van der Waals surface area (Å²) in [6.45, 7) is 0. The lowest BCUT2D eigenvalue weighted by Gasteiger charge is -2.29. The number of rotatable bonds is 4. The van der Waals surface area contributed by atoms with Gasteiger partial charge in [0.1, 0.15) is 11.8 Å². The lowest BCUT2D eigenvalue weighted by molar-refractivity contribution is -0.141. The molecule has 202 valence electrons. The van der Waals surface area contributed by atoms with Gasteiger partial charge in [-0.25, -0.2) is 4.98 Å². The largest absolute Gasteiger partial charge is 0.506 e. The van der Waals surface area contributed by atoms with Crippen LogP contribution < -0.4 is 5.01 Å². The SMILES string of the molecule is CN(c1ncc(C(F)(F)F)cc1Cl)N1C(=O)[C@H]2C(C3=C(O)c4ccccc4C3=O)=N[C@@H](c3ccccn3)[C@@H]2C1=O. The van der Waals surface area contributed by atoms with Crippen molar-refractivity contribution in [3.05, 3.63) is 93.9 Å². The normalized spacial score (nSPS) is 22.1. The van der Waals surface area contributed by atoms with E-state index in [-0.39, 0.29) is 34.0 Å². The Morgan fingerprint density at radius 3 is 2.33 bits per heavy atom. The van der Waals surface area contributed by atoms with Crippen LogP contribution in [0.25, 0.3) is 5.76 Å². The van der Waals surface area contributed by atoms with Crippen molar-refractivity contribution in [2.75, 3.05) is 12.1 Å². The fourth-order valence-electron chi connectivity index (χ4n) is 5.33. The molecule has 1 aliphatic carbocycles. The molecule has 13 heteroatoms. The molecule has 0 unspecified atom stereocenters. The van der Waals surface area contributed by atoms with E-state index in [1.54, 1.807) is 36.4 Å². The summed E-state index contributed by atoms with van der Waals surface area (Å²) >= 11 is 6.10. The van der Waals surface area contributed by atoms with Gasteiger partial charge in [-0.2, -0.15) is 18.2 Å². The van der Waals surface area contributed by atoms with Gasteiger partial charge in [0.2, 0.25) is 0 Å². The van der Waals surface area contributed by atoms with Crippen LogP contribution in [-0.4, -0.2) is 50.4 Å². The molecular weight excluding hydrogens is 551 g/mol. The van der Waals surface area contributed by atoms with Gasteiger partial charge in [0.05, 0.1) is 39.4 Å². The zero-order valence-electron chi connectivity index (χ0n) is 20.4. The molecule has 1 N–H and O–H groups in total. The van der Waals surface area contributed by atoms with Crippen LogP contribution in [0.15, 0.2) is 71.5 Å². The highest BCUT2D eigenvalue weighted by atomic mass is 35.5. The maximum absolute atomic E-state index is 13.9. The first-order chi connectivity index (χ1) is 19.0. The molecule has 9 nitrogen and oxygen atoms in total. The minimum absolute atomic E-state index is 0.0694. The minimum Gasteiger partial charge on any atom is -0.506 e. The van der Waals surface area contributed by atoms with Crippen molar-refractivity contribution >= 4 is 46.5 Å². The molecule has 2 amide bonds. The number of halogens is 4. The molecule has 0 bridgehead atoms. The molecule has 0 spiro atoms. The van der Waals surface area contributed by atoms with Crippen molar-refractivity contribution in [1.82, 2.24) is 15.0 Å². The third-order valence-corrected chi connectivity index (χ3v) is 7.41. The highest BCUT2D eigenvalue weighted by Gasteiger charge is 2.60. The van der Waals surface area contributed by atoms with Crippen molar-refractivity contribution in [3.63, 3.8) is 0 Å². The smallest absolute Gasteiger partial charge is 0.417 e. The van der Waals surface area contributed by atoms with Gasteiger partial charge >= 0.3 is 6.18 Å². The van der Waals surface area contributed by atoms with Gasteiger partial charge in [-0.15, -0.1) is 0 Å². The molecule has 2 aromatic heterocycles. The van der Waals surface area contributed by atoms with E-state index >= 15 is 0 Å². The number of benzene rings is 1. The summed E-state index contributed by atoms with van der Waals surface area (Å²) in [4.78, 5) is 53.7. The van der Waals surface area contributed by atoms with E-state index in [9.17, 15) is 32.7 Å².